The molecule has 0 bridgehead atoms. The number of esters is 2. The molecule has 0 unspecified atom stereocenters. The average Bonchev–Trinajstić information content (AvgIpc) is 2.57. The van der Waals surface area contributed by atoms with Crippen molar-refractivity contribution in [2.45, 2.75) is 33.6 Å². The molecule has 178 valence electrons. The van der Waals surface area contributed by atoms with E-state index < -0.39 is 13.8 Å². The Labute approximate surface area is 180 Å². The Morgan fingerprint density at radius 3 is 1.63 bits per heavy atom. The van der Waals surface area contributed by atoms with E-state index in [4.69, 9.17) is 19.6 Å². The van der Waals surface area contributed by atoms with Crippen molar-refractivity contribution < 1.29 is 47.5 Å². The second kappa shape index (κ2) is 18.2. The van der Waals surface area contributed by atoms with Gasteiger partial charge in [-0.1, -0.05) is 26.5 Å². The molecule has 0 heterocycles. The van der Waals surface area contributed by atoms with E-state index in [9.17, 15) is 14.2 Å². The molecule has 0 amide bonds. The van der Waals surface area contributed by atoms with Crippen molar-refractivity contribution in [3.63, 3.8) is 0 Å². The number of quaternary nitrogens is 1. The second-order valence-electron chi connectivity index (χ2n) is 7.25. The fourth-order valence-corrected chi connectivity index (χ4v) is 1.46. The highest BCUT2D eigenvalue weighted by atomic mass is 31.2. The van der Waals surface area contributed by atoms with Crippen LogP contribution in [-0.2, 0) is 28.2 Å². The van der Waals surface area contributed by atoms with E-state index in [-0.39, 0.29) is 31.4 Å². The third-order valence-corrected chi connectivity index (χ3v) is 3.29. The van der Waals surface area contributed by atoms with Gasteiger partial charge in [-0.25, -0.2) is 14.2 Å². The quantitative estimate of drug-likeness (QED) is 0.140. The van der Waals surface area contributed by atoms with Crippen LogP contribution in [0.2, 0.25) is 0 Å². The third kappa shape index (κ3) is 31.2. The molecule has 10 nitrogen and oxygen atoms in total. The number of rotatable bonds is 11. The second-order valence-corrected chi connectivity index (χ2v) is 8.49. The van der Waals surface area contributed by atoms with Crippen LogP contribution in [0.5, 0.6) is 0 Å². The van der Waals surface area contributed by atoms with Gasteiger partial charge in [0.1, 0.15) is 13.2 Å². The van der Waals surface area contributed by atoms with E-state index in [1.165, 1.54) is 6.92 Å². The number of phosphoric ester groups is 1. The molecule has 11 heteroatoms. The predicted molar refractivity (Wildman–Crippen MR) is 114 cm³/mol. The number of nitrogens with zero attached hydrogens (tertiary/aromatic N) is 1. The molecule has 0 aliphatic rings. The molecule has 0 spiro atoms. The lowest BCUT2D eigenvalue weighted by Crippen LogP contribution is -2.36. The monoisotopic (exact) mass is 456 g/mol. The molecule has 0 aliphatic carbocycles. The summed E-state index contributed by atoms with van der Waals surface area (Å²) in [5.74, 6) is -0.900. The fourth-order valence-electron chi connectivity index (χ4n) is 1.15. The Morgan fingerprint density at radius 1 is 0.933 bits per heavy atom. The van der Waals surface area contributed by atoms with Gasteiger partial charge < -0.3 is 28.9 Å². The molecular formula is C19H39NO9P+. The summed E-state index contributed by atoms with van der Waals surface area (Å²) in [6.45, 7) is 13.0. The normalized spacial score (nSPS) is 10.6. The Hall–Kier alpha value is -1.55. The van der Waals surface area contributed by atoms with E-state index in [1.807, 2.05) is 0 Å². The topological polar surface area (TPSA) is 140 Å². The van der Waals surface area contributed by atoms with E-state index in [1.54, 1.807) is 6.92 Å². The molecule has 0 aromatic carbocycles. The number of phosphoric acid groups is 1. The molecule has 0 fully saturated rings. The number of carbonyl (C=O) groups excluding carboxylic acids is 2. The van der Waals surface area contributed by atoms with Crippen LogP contribution in [0.25, 0.3) is 0 Å². The maximum atomic E-state index is 10.7. The highest BCUT2D eigenvalue weighted by Gasteiger charge is 2.13. The number of unbranched alkanes of at least 4 members (excludes halogenated alkanes) is 1. The largest absolute Gasteiger partial charge is 0.469 e. The molecule has 0 radical (unpaired) electrons. The molecule has 3 N–H and O–H groups in total. The molecule has 0 atom stereocenters. The first-order valence-corrected chi connectivity index (χ1v) is 10.9. The fraction of sp³-hybridized carbons (Fsp3) is 0.684. The van der Waals surface area contributed by atoms with Crippen LogP contribution in [0.4, 0.5) is 0 Å². The van der Waals surface area contributed by atoms with Gasteiger partial charge in [0.2, 0.25) is 0 Å². The highest BCUT2D eigenvalue weighted by Crippen LogP contribution is 2.35. The summed E-state index contributed by atoms with van der Waals surface area (Å²) in [6.07, 6.45) is 1.97. The van der Waals surface area contributed by atoms with Crippen LogP contribution >= 0.6 is 7.82 Å². The van der Waals surface area contributed by atoms with Crippen molar-refractivity contribution >= 4 is 19.8 Å². The molecular weight excluding hydrogens is 417 g/mol. The summed E-state index contributed by atoms with van der Waals surface area (Å²) in [4.78, 5) is 37.8. The molecule has 0 saturated heterocycles. The van der Waals surface area contributed by atoms with Gasteiger partial charge in [-0.15, -0.1) is 0 Å². The zero-order chi connectivity index (χ0) is 24.4. The van der Waals surface area contributed by atoms with Gasteiger partial charge in [0.05, 0.1) is 41.0 Å². The van der Waals surface area contributed by atoms with E-state index in [0.29, 0.717) is 12.2 Å². The van der Waals surface area contributed by atoms with Crippen molar-refractivity contribution in [1.29, 1.82) is 0 Å². The Morgan fingerprint density at radius 2 is 1.37 bits per heavy atom. The zero-order valence-electron chi connectivity index (χ0n) is 19.0. The minimum absolute atomic E-state index is 0.212. The number of hydrogen-bond acceptors (Lipinski definition) is 7. The van der Waals surface area contributed by atoms with Gasteiger partial charge in [0, 0.05) is 11.1 Å². The highest BCUT2D eigenvalue weighted by molar-refractivity contribution is 7.46. The minimum atomic E-state index is -4.46. The van der Waals surface area contributed by atoms with Gasteiger partial charge >= 0.3 is 19.8 Å². The maximum absolute atomic E-state index is 10.7. The predicted octanol–water partition coefficient (Wildman–Crippen LogP) is 1.81. The zero-order valence-corrected chi connectivity index (χ0v) is 19.9. The SMILES string of the molecule is C=C(C)C(=O)OCCCC.C=C(C)C(=O)OCCOP(=O)(O)O.C[N+](C)(C)CCO. The van der Waals surface area contributed by atoms with Crippen LogP contribution in [0.15, 0.2) is 24.3 Å². The summed E-state index contributed by atoms with van der Waals surface area (Å²) in [5.41, 5.74) is 0.687. The lowest BCUT2D eigenvalue weighted by atomic mass is 10.3. The van der Waals surface area contributed by atoms with Crippen molar-refractivity contribution in [2.75, 3.05) is 54.1 Å². The third-order valence-electron chi connectivity index (χ3n) is 2.77. The first-order valence-electron chi connectivity index (χ1n) is 9.34. The van der Waals surface area contributed by atoms with Crippen molar-refractivity contribution in [1.82, 2.24) is 0 Å². The molecule has 0 saturated carbocycles. The van der Waals surface area contributed by atoms with E-state index in [0.717, 1.165) is 23.9 Å². The number of ether oxygens (including phenoxy) is 2. The van der Waals surface area contributed by atoms with Crippen LogP contribution in [0, 0.1) is 0 Å². The van der Waals surface area contributed by atoms with Gasteiger partial charge in [0.25, 0.3) is 0 Å². The number of aliphatic hydroxyl groups excluding tert-OH is 1. The molecule has 0 aromatic rings. The molecule has 30 heavy (non-hydrogen) atoms. The maximum Gasteiger partial charge on any atom is 0.469 e. The smallest absolute Gasteiger partial charge is 0.462 e. The standard InChI is InChI=1S/C8H14O2.C6H11O6P.C5H14NO/c1-4-5-6-10-8(9)7(2)3;1-5(2)6(7)11-3-4-12-13(8,9)10;1-6(2,3)4-5-7/h2,4-6H2,1,3H3;1,3-4H2,2H3,(H2,8,9,10);7H,4-5H2,1-3H3/q;;+1. The number of carbonyl (C=O) groups is 2. The summed E-state index contributed by atoms with van der Waals surface area (Å²) in [7, 11) is 1.69. The lowest BCUT2D eigenvalue weighted by molar-refractivity contribution is -0.870. The average molecular weight is 456 g/mol. The molecule has 0 aromatic heterocycles. The first kappa shape index (κ1) is 33.1. The number of hydrogen-bond donors (Lipinski definition) is 3. The van der Waals surface area contributed by atoms with Crippen molar-refractivity contribution in [3.05, 3.63) is 24.3 Å². The van der Waals surface area contributed by atoms with Gasteiger partial charge in [0.15, 0.2) is 0 Å². The summed E-state index contributed by atoms with van der Waals surface area (Å²) in [6, 6.07) is 0. The summed E-state index contributed by atoms with van der Waals surface area (Å²) in [5, 5.41) is 8.39. The van der Waals surface area contributed by atoms with Crippen LogP contribution < -0.4 is 0 Å². The van der Waals surface area contributed by atoms with E-state index >= 15 is 0 Å². The number of likely N-dealkylation sites (N-methyl/N-ethyl adjacent to an activating group) is 1. The lowest BCUT2D eigenvalue weighted by Gasteiger charge is -2.21. The van der Waals surface area contributed by atoms with Crippen LogP contribution in [-0.4, -0.2) is 85.4 Å². The van der Waals surface area contributed by atoms with Gasteiger partial charge in [-0.3, -0.25) is 4.52 Å². The molecule has 0 rings (SSSR count). The summed E-state index contributed by atoms with van der Waals surface area (Å²) >= 11 is 0. The van der Waals surface area contributed by atoms with Crippen molar-refractivity contribution in [2.24, 2.45) is 0 Å². The van der Waals surface area contributed by atoms with Crippen LogP contribution in [0.3, 0.4) is 0 Å². The van der Waals surface area contributed by atoms with Gasteiger partial charge in [-0.2, -0.15) is 0 Å². The Bertz CT molecular complexity index is 565. The Balaban J connectivity index is -0.000000383. The number of aliphatic hydroxyl groups is 1. The van der Waals surface area contributed by atoms with E-state index in [2.05, 4.69) is 50.5 Å². The summed E-state index contributed by atoms with van der Waals surface area (Å²) < 4.78 is 24.3. The van der Waals surface area contributed by atoms with Crippen LogP contribution in [0.1, 0.15) is 33.6 Å². The molecule has 0 aliphatic heterocycles. The van der Waals surface area contributed by atoms with Crippen molar-refractivity contribution in [3.8, 4) is 0 Å². The Kier molecular flexibility index (Phi) is 20.1. The van der Waals surface area contributed by atoms with Gasteiger partial charge in [-0.05, 0) is 20.3 Å². The first-order chi connectivity index (χ1) is 13.6. The minimum Gasteiger partial charge on any atom is -0.462 e.